The predicted octanol–water partition coefficient (Wildman–Crippen LogP) is 0.805. The summed E-state index contributed by atoms with van der Waals surface area (Å²) in [5, 5.41) is 13.2. The number of rotatable bonds is 5. The van der Waals surface area contributed by atoms with E-state index in [1.807, 2.05) is 22.8 Å². The Hall–Kier alpha value is -1.89. The van der Waals surface area contributed by atoms with E-state index in [-0.39, 0.29) is 23.8 Å². The Balaban J connectivity index is 1.54. The van der Waals surface area contributed by atoms with Crippen LogP contribution >= 0.6 is 0 Å². The maximum Gasteiger partial charge on any atom is 0.244 e. The molecule has 2 amide bonds. The third kappa shape index (κ3) is 4.03. The highest BCUT2D eigenvalue weighted by Gasteiger charge is 2.41. The van der Waals surface area contributed by atoms with Crippen molar-refractivity contribution in [3.8, 4) is 0 Å². The van der Waals surface area contributed by atoms with Crippen LogP contribution in [0.2, 0.25) is 0 Å². The van der Waals surface area contributed by atoms with Crippen LogP contribution in [-0.2, 0) is 16.1 Å². The molecule has 2 fully saturated rings. The van der Waals surface area contributed by atoms with Crippen molar-refractivity contribution in [2.24, 2.45) is 5.41 Å². The van der Waals surface area contributed by atoms with Gasteiger partial charge in [-0.15, -0.1) is 0 Å². The number of hydrogen-bond acceptors (Lipinski definition) is 4. The molecule has 2 aliphatic heterocycles. The summed E-state index contributed by atoms with van der Waals surface area (Å²) in [5.41, 5.74) is 1.13. The van der Waals surface area contributed by atoms with Crippen LogP contribution < -0.4 is 0 Å². The van der Waals surface area contributed by atoms with Gasteiger partial charge in [-0.05, 0) is 44.1 Å². The van der Waals surface area contributed by atoms with Gasteiger partial charge in [0.05, 0.1) is 0 Å². The lowest BCUT2D eigenvalue weighted by Gasteiger charge is -2.47. The Morgan fingerprint density at radius 1 is 1.32 bits per heavy atom. The lowest BCUT2D eigenvalue weighted by atomic mass is 9.72. The van der Waals surface area contributed by atoms with Gasteiger partial charge in [0, 0.05) is 51.1 Å². The second-order valence-corrected chi connectivity index (χ2v) is 7.40. The van der Waals surface area contributed by atoms with Crippen molar-refractivity contribution in [2.75, 3.05) is 32.8 Å². The number of aliphatic hydroxyl groups is 1. The van der Waals surface area contributed by atoms with E-state index in [9.17, 15) is 9.59 Å². The average molecular weight is 348 g/mol. The van der Waals surface area contributed by atoms with Crippen LogP contribution in [0.4, 0.5) is 0 Å². The molecule has 0 aliphatic carbocycles. The van der Waals surface area contributed by atoms with Crippen molar-refractivity contribution >= 4 is 11.8 Å². The number of carbonyl (C=O) groups excluding carboxylic acids is 2. The standard InChI is InChI=1S/C18H28N4O3/c1-15-4-8-19-22(15)13-17(25)20-10-6-18(7-11-20)5-3-16(24)21(14-18)9-2-12-23/h4,8,23H,2-3,5-7,9-14H2,1H3. The third-order valence-electron chi connectivity index (χ3n) is 5.73. The highest BCUT2D eigenvalue weighted by Crippen LogP contribution is 2.40. The average Bonchev–Trinajstić information content (AvgIpc) is 3.01. The SMILES string of the molecule is Cc1ccnn1CC(=O)N1CCC2(CCC(=O)N(CCCO)C2)CC1. The van der Waals surface area contributed by atoms with Crippen LogP contribution in [0.25, 0.3) is 0 Å². The Morgan fingerprint density at radius 2 is 2.08 bits per heavy atom. The number of amides is 2. The molecular weight excluding hydrogens is 320 g/mol. The molecule has 1 spiro atoms. The van der Waals surface area contributed by atoms with E-state index in [1.165, 1.54) is 0 Å². The summed E-state index contributed by atoms with van der Waals surface area (Å²) >= 11 is 0. The zero-order valence-corrected chi connectivity index (χ0v) is 15.0. The van der Waals surface area contributed by atoms with Crippen LogP contribution in [-0.4, -0.2) is 69.3 Å². The molecule has 25 heavy (non-hydrogen) atoms. The van der Waals surface area contributed by atoms with Gasteiger partial charge in [-0.3, -0.25) is 14.3 Å². The van der Waals surface area contributed by atoms with Gasteiger partial charge in [0.1, 0.15) is 6.54 Å². The van der Waals surface area contributed by atoms with Gasteiger partial charge >= 0.3 is 0 Å². The molecule has 0 aromatic carbocycles. The fourth-order valence-corrected chi connectivity index (χ4v) is 4.00. The summed E-state index contributed by atoms with van der Waals surface area (Å²) in [6.07, 6.45) is 5.75. The lowest BCUT2D eigenvalue weighted by molar-refractivity contribution is -0.143. The molecule has 2 aliphatic rings. The minimum Gasteiger partial charge on any atom is -0.396 e. The first-order valence-electron chi connectivity index (χ1n) is 9.18. The number of aryl methyl sites for hydroxylation is 1. The van der Waals surface area contributed by atoms with Gasteiger partial charge in [0.25, 0.3) is 0 Å². The first-order valence-corrected chi connectivity index (χ1v) is 9.18. The van der Waals surface area contributed by atoms with E-state index in [4.69, 9.17) is 5.11 Å². The van der Waals surface area contributed by atoms with Crippen LogP contribution in [0.1, 0.15) is 37.8 Å². The van der Waals surface area contributed by atoms with E-state index in [0.29, 0.717) is 25.9 Å². The van der Waals surface area contributed by atoms with E-state index in [0.717, 1.165) is 44.6 Å². The highest BCUT2D eigenvalue weighted by molar-refractivity contribution is 5.77. The summed E-state index contributed by atoms with van der Waals surface area (Å²) in [5.74, 6) is 0.317. The number of aliphatic hydroxyl groups excluding tert-OH is 1. The van der Waals surface area contributed by atoms with Crippen LogP contribution in [0.15, 0.2) is 12.3 Å². The minimum absolute atomic E-state index is 0.116. The molecular formula is C18H28N4O3. The van der Waals surface area contributed by atoms with Gasteiger partial charge in [-0.1, -0.05) is 0 Å². The third-order valence-corrected chi connectivity index (χ3v) is 5.73. The van der Waals surface area contributed by atoms with Crippen molar-refractivity contribution < 1.29 is 14.7 Å². The van der Waals surface area contributed by atoms with Crippen molar-refractivity contribution in [3.05, 3.63) is 18.0 Å². The van der Waals surface area contributed by atoms with Gasteiger partial charge in [0.15, 0.2) is 0 Å². The number of hydrogen-bond donors (Lipinski definition) is 1. The summed E-state index contributed by atoms with van der Waals surface area (Å²) in [4.78, 5) is 28.4. The van der Waals surface area contributed by atoms with E-state index in [2.05, 4.69) is 5.10 Å². The Bertz CT molecular complexity index is 620. The largest absolute Gasteiger partial charge is 0.396 e. The maximum absolute atomic E-state index is 12.5. The zero-order chi connectivity index (χ0) is 17.9. The molecule has 0 atom stereocenters. The smallest absolute Gasteiger partial charge is 0.244 e. The summed E-state index contributed by atoms with van der Waals surface area (Å²) < 4.78 is 1.74. The second kappa shape index (κ2) is 7.56. The minimum atomic E-state index is 0.116. The monoisotopic (exact) mass is 348 g/mol. The lowest BCUT2D eigenvalue weighted by Crippen LogP contribution is -2.52. The normalized spacial score (nSPS) is 20.3. The van der Waals surface area contributed by atoms with E-state index >= 15 is 0 Å². The summed E-state index contributed by atoms with van der Waals surface area (Å²) in [6, 6.07) is 1.90. The molecule has 3 rings (SSSR count). The van der Waals surface area contributed by atoms with Crippen LogP contribution in [0, 0.1) is 12.3 Å². The number of likely N-dealkylation sites (tertiary alicyclic amines) is 2. The van der Waals surface area contributed by atoms with Gasteiger partial charge < -0.3 is 14.9 Å². The molecule has 7 nitrogen and oxygen atoms in total. The molecule has 0 saturated carbocycles. The first-order chi connectivity index (χ1) is 12.0. The fourth-order valence-electron chi connectivity index (χ4n) is 4.00. The van der Waals surface area contributed by atoms with Crippen molar-refractivity contribution in [1.29, 1.82) is 0 Å². The molecule has 0 radical (unpaired) electrons. The van der Waals surface area contributed by atoms with Crippen LogP contribution in [0.3, 0.4) is 0 Å². The molecule has 2 saturated heterocycles. The molecule has 0 unspecified atom stereocenters. The maximum atomic E-state index is 12.5. The molecule has 1 aromatic rings. The number of nitrogens with zero attached hydrogens (tertiary/aromatic N) is 4. The summed E-state index contributed by atoms with van der Waals surface area (Å²) in [6.45, 7) is 5.27. The fraction of sp³-hybridized carbons (Fsp3) is 0.722. The van der Waals surface area contributed by atoms with Crippen molar-refractivity contribution in [1.82, 2.24) is 19.6 Å². The Labute approximate surface area is 148 Å². The molecule has 1 N–H and O–H groups in total. The van der Waals surface area contributed by atoms with Gasteiger partial charge in [-0.2, -0.15) is 5.10 Å². The quantitative estimate of drug-likeness (QED) is 0.854. The molecule has 3 heterocycles. The first kappa shape index (κ1) is 17.9. The molecule has 0 bridgehead atoms. The van der Waals surface area contributed by atoms with Crippen molar-refractivity contribution in [2.45, 2.75) is 45.6 Å². The number of aromatic nitrogens is 2. The number of carbonyl (C=O) groups is 2. The topological polar surface area (TPSA) is 78.7 Å². The van der Waals surface area contributed by atoms with E-state index < -0.39 is 0 Å². The van der Waals surface area contributed by atoms with Gasteiger partial charge in [-0.25, -0.2) is 0 Å². The molecule has 1 aromatic heterocycles. The summed E-state index contributed by atoms with van der Waals surface area (Å²) in [7, 11) is 0. The van der Waals surface area contributed by atoms with E-state index in [1.54, 1.807) is 10.9 Å². The predicted molar refractivity (Wildman–Crippen MR) is 92.7 cm³/mol. The number of piperidine rings is 2. The molecule has 138 valence electrons. The highest BCUT2D eigenvalue weighted by atomic mass is 16.3. The zero-order valence-electron chi connectivity index (χ0n) is 15.0. The Morgan fingerprint density at radius 3 is 2.72 bits per heavy atom. The molecule has 7 heteroatoms. The second-order valence-electron chi connectivity index (χ2n) is 7.40. The van der Waals surface area contributed by atoms with Gasteiger partial charge in [0.2, 0.25) is 11.8 Å². The van der Waals surface area contributed by atoms with Crippen LogP contribution in [0.5, 0.6) is 0 Å². The Kier molecular flexibility index (Phi) is 5.42. The van der Waals surface area contributed by atoms with Crippen molar-refractivity contribution in [3.63, 3.8) is 0 Å².